The molecule has 0 atom stereocenters. The quantitative estimate of drug-likeness (QED) is 0.716. The molecule has 2 nitrogen and oxygen atoms in total. The van der Waals surface area contributed by atoms with Gasteiger partial charge in [-0.15, -0.1) is 0 Å². The highest BCUT2D eigenvalue weighted by molar-refractivity contribution is 9.10. The van der Waals surface area contributed by atoms with Crippen molar-refractivity contribution in [3.63, 3.8) is 0 Å². The molecule has 0 radical (unpaired) electrons. The summed E-state index contributed by atoms with van der Waals surface area (Å²) in [6.45, 7) is -0.286. The molecule has 0 saturated heterocycles. The standard InChI is InChI=1S/C15H10BrClF2O2/c16-13-4-5-14(18)12(15(13)19)7-10(20)8-21-11-3-1-2-9(17)6-11/h1-6H,7-8H2. The van der Waals surface area contributed by atoms with E-state index in [2.05, 4.69) is 15.9 Å². The first kappa shape index (κ1) is 15.9. The van der Waals surface area contributed by atoms with Gasteiger partial charge in [0.05, 0.1) is 4.47 Å². The zero-order valence-corrected chi connectivity index (χ0v) is 13.0. The van der Waals surface area contributed by atoms with Crippen LogP contribution in [0.2, 0.25) is 5.02 Å². The van der Waals surface area contributed by atoms with Gasteiger partial charge >= 0.3 is 0 Å². The maximum atomic E-state index is 13.7. The highest BCUT2D eigenvalue weighted by atomic mass is 79.9. The van der Waals surface area contributed by atoms with E-state index in [-0.39, 0.29) is 23.1 Å². The van der Waals surface area contributed by atoms with E-state index in [0.717, 1.165) is 6.07 Å². The molecule has 0 aliphatic carbocycles. The lowest BCUT2D eigenvalue weighted by atomic mass is 10.1. The number of halogens is 4. The second-order valence-corrected chi connectivity index (χ2v) is 5.57. The van der Waals surface area contributed by atoms with E-state index in [1.165, 1.54) is 6.07 Å². The van der Waals surface area contributed by atoms with Gasteiger partial charge in [-0.2, -0.15) is 0 Å². The molecule has 0 fully saturated rings. The van der Waals surface area contributed by atoms with E-state index in [9.17, 15) is 13.6 Å². The van der Waals surface area contributed by atoms with Gasteiger partial charge in [-0.1, -0.05) is 17.7 Å². The Hall–Kier alpha value is -1.46. The Morgan fingerprint density at radius 1 is 1.24 bits per heavy atom. The van der Waals surface area contributed by atoms with Crippen molar-refractivity contribution in [2.45, 2.75) is 6.42 Å². The summed E-state index contributed by atoms with van der Waals surface area (Å²) in [4.78, 5) is 11.8. The van der Waals surface area contributed by atoms with Crippen LogP contribution in [0.3, 0.4) is 0 Å². The van der Waals surface area contributed by atoms with Crippen molar-refractivity contribution in [2.24, 2.45) is 0 Å². The predicted molar refractivity (Wildman–Crippen MR) is 79.7 cm³/mol. The van der Waals surface area contributed by atoms with Crippen LogP contribution in [0, 0.1) is 11.6 Å². The molecule has 6 heteroatoms. The van der Waals surface area contributed by atoms with Crippen molar-refractivity contribution in [1.29, 1.82) is 0 Å². The molecule has 21 heavy (non-hydrogen) atoms. The molecule has 0 aliphatic rings. The largest absolute Gasteiger partial charge is 0.486 e. The van der Waals surface area contributed by atoms with Crippen LogP contribution in [0.5, 0.6) is 5.75 Å². The van der Waals surface area contributed by atoms with Gasteiger partial charge in [0.1, 0.15) is 24.0 Å². The third-order valence-electron chi connectivity index (χ3n) is 2.71. The van der Waals surface area contributed by atoms with Gasteiger partial charge in [-0.05, 0) is 46.3 Å². The Bertz CT molecular complexity index is 677. The summed E-state index contributed by atoms with van der Waals surface area (Å²) in [5, 5.41) is 0.476. The molecule has 0 saturated carbocycles. The third kappa shape index (κ3) is 4.25. The van der Waals surface area contributed by atoms with Crippen LogP contribution in [0.1, 0.15) is 5.56 Å². The van der Waals surface area contributed by atoms with Gasteiger partial charge in [0, 0.05) is 17.0 Å². The van der Waals surface area contributed by atoms with Crippen molar-refractivity contribution >= 4 is 33.3 Å². The Morgan fingerprint density at radius 3 is 2.71 bits per heavy atom. The molecule has 0 heterocycles. The van der Waals surface area contributed by atoms with Crippen LogP contribution in [0.25, 0.3) is 0 Å². The SMILES string of the molecule is O=C(COc1cccc(Cl)c1)Cc1c(F)ccc(Br)c1F. The van der Waals surface area contributed by atoms with E-state index < -0.39 is 17.4 Å². The Morgan fingerprint density at radius 2 is 2.00 bits per heavy atom. The molecular weight excluding hydrogens is 366 g/mol. The molecule has 2 rings (SSSR count). The Balaban J connectivity index is 2.01. The van der Waals surface area contributed by atoms with Gasteiger partial charge in [-0.25, -0.2) is 8.78 Å². The predicted octanol–water partition coefficient (Wildman–Crippen LogP) is 4.57. The third-order valence-corrected chi connectivity index (χ3v) is 3.56. The number of Topliss-reactive ketones (excluding diaryl/α,β-unsaturated/α-hetero) is 1. The first-order valence-corrected chi connectivity index (χ1v) is 7.17. The molecule has 0 N–H and O–H groups in total. The summed E-state index contributed by atoms with van der Waals surface area (Å²) in [6, 6.07) is 8.89. The maximum Gasteiger partial charge on any atom is 0.174 e. The van der Waals surface area contributed by atoms with Crippen LogP contribution in [0.15, 0.2) is 40.9 Å². The first-order chi connectivity index (χ1) is 9.97. The number of rotatable bonds is 5. The highest BCUT2D eigenvalue weighted by Crippen LogP contribution is 2.22. The van der Waals surface area contributed by atoms with Gasteiger partial charge in [-0.3, -0.25) is 4.79 Å². The van der Waals surface area contributed by atoms with Crippen molar-refractivity contribution in [1.82, 2.24) is 0 Å². The Labute approximate surface area is 133 Å². The number of hydrogen-bond donors (Lipinski definition) is 0. The normalized spacial score (nSPS) is 10.5. The van der Waals surface area contributed by atoms with Crippen LogP contribution < -0.4 is 4.74 Å². The minimum atomic E-state index is -0.772. The van der Waals surface area contributed by atoms with Gasteiger partial charge in [0.15, 0.2) is 5.78 Å². The second kappa shape index (κ2) is 7.00. The molecular formula is C15H10BrClF2O2. The van der Waals surface area contributed by atoms with Gasteiger partial charge < -0.3 is 4.74 Å². The van der Waals surface area contributed by atoms with Crippen LogP contribution >= 0.6 is 27.5 Å². The van der Waals surface area contributed by atoms with Crippen molar-refractivity contribution in [3.05, 3.63) is 63.1 Å². The fraction of sp³-hybridized carbons (Fsp3) is 0.133. The average Bonchev–Trinajstić information content (AvgIpc) is 2.46. The summed E-state index contributed by atoms with van der Waals surface area (Å²) in [5.74, 6) is -1.55. The van der Waals surface area contributed by atoms with E-state index in [1.807, 2.05) is 0 Å². The zero-order valence-electron chi connectivity index (χ0n) is 10.7. The minimum Gasteiger partial charge on any atom is -0.486 e. The minimum absolute atomic E-state index is 0.113. The fourth-order valence-electron chi connectivity index (χ4n) is 1.70. The van der Waals surface area contributed by atoms with Crippen molar-refractivity contribution < 1.29 is 18.3 Å². The zero-order chi connectivity index (χ0) is 15.4. The summed E-state index contributed by atoms with van der Waals surface area (Å²) < 4.78 is 32.6. The monoisotopic (exact) mass is 374 g/mol. The van der Waals surface area contributed by atoms with Gasteiger partial charge in [0.25, 0.3) is 0 Å². The van der Waals surface area contributed by atoms with Gasteiger partial charge in [0.2, 0.25) is 0 Å². The van der Waals surface area contributed by atoms with E-state index in [4.69, 9.17) is 16.3 Å². The number of carbonyl (C=O) groups is 1. The fourth-order valence-corrected chi connectivity index (χ4v) is 2.25. The van der Waals surface area contributed by atoms with Crippen LogP contribution in [-0.4, -0.2) is 12.4 Å². The molecule has 2 aromatic rings. The summed E-state index contributed by atoms with van der Waals surface area (Å²) in [7, 11) is 0. The number of benzene rings is 2. The smallest absolute Gasteiger partial charge is 0.174 e. The van der Waals surface area contributed by atoms with Crippen molar-refractivity contribution in [3.8, 4) is 5.75 Å². The highest BCUT2D eigenvalue weighted by Gasteiger charge is 2.16. The summed E-state index contributed by atoms with van der Waals surface area (Å²) in [5.41, 5.74) is -0.274. The van der Waals surface area contributed by atoms with E-state index in [1.54, 1.807) is 24.3 Å². The lowest BCUT2D eigenvalue weighted by Crippen LogP contribution is -2.15. The van der Waals surface area contributed by atoms with E-state index in [0.29, 0.717) is 10.8 Å². The van der Waals surface area contributed by atoms with Crippen LogP contribution in [0.4, 0.5) is 8.78 Å². The second-order valence-electron chi connectivity index (χ2n) is 4.28. The lowest BCUT2D eigenvalue weighted by Gasteiger charge is -2.08. The maximum absolute atomic E-state index is 13.7. The number of ketones is 1. The number of hydrogen-bond acceptors (Lipinski definition) is 2. The summed E-state index contributed by atoms with van der Waals surface area (Å²) in [6.07, 6.45) is -0.377. The van der Waals surface area contributed by atoms with Crippen molar-refractivity contribution in [2.75, 3.05) is 6.61 Å². The lowest BCUT2D eigenvalue weighted by molar-refractivity contribution is -0.120. The van der Waals surface area contributed by atoms with Crippen LogP contribution in [-0.2, 0) is 11.2 Å². The number of carbonyl (C=O) groups excluding carboxylic acids is 1. The molecule has 0 amide bonds. The number of ether oxygens (including phenoxy) is 1. The molecule has 0 aliphatic heterocycles. The van der Waals surface area contributed by atoms with E-state index >= 15 is 0 Å². The topological polar surface area (TPSA) is 26.3 Å². The molecule has 2 aromatic carbocycles. The first-order valence-electron chi connectivity index (χ1n) is 6.00. The molecule has 110 valence electrons. The summed E-state index contributed by atoms with van der Waals surface area (Å²) >= 11 is 8.73. The average molecular weight is 376 g/mol. The molecule has 0 bridgehead atoms. The molecule has 0 unspecified atom stereocenters. The molecule has 0 aromatic heterocycles. The Kier molecular flexibility index (Phi) is 5.31. The molecule has 0 spiro atoms.